The van der Waals surface area contributed by atoms with Crippen molar-refractivity contribution >= 4 is 32.4 Å². The van der Waals surface area contributed by atoms with E-state index in [2.05, 4.69) is 19.6 Å². The van der Waals surface area contributed by atoms with E-state index in [-0.39, 0.29) is 11.6 Å². The average molecular weight is 528 g/mol. The highest BCUT2D eigenvalue weighted by Crippen LogP contribution is 2.41. The highest BCUT2D eigenvalue weighted by molar-refractivity contribution is 7.89. The van der Waals surface area contributed by atoms with E-state index in [0.29, 0.717) is 29.1 Å². The van der Waals surface area contributed by atoms with Crippen molar-refractivity contribution in [3.8, 4) is 17.3 Å². The van der Waals surface area contributed by atoms with Gasteiger partial charge in [-0.3, -0.25) is 4.98 Å². The molecular weight excluding hydrogens is 502 g/mol. The number of nitrogens with one attached hydrogen (secondary N) is 1. The summed E-state index contributed by atoms with van der Waals surface area (Å²) in [5, 5.41) is 5.55. The van der Waals surface area contributed by atoms with Crippen LogP contribution in [0.15, 0.2) is 90.2 Å². The van der Waals surface area contributed by atoms with Crippen LogP contribution in [0, 0.1) is 0 Å². The topological polar surface area (TPSA) is 115 Å². The van der Waals surface area contributed by atoms with Crippen molar-refractivity contribution < 1.29 is 13.2 Å². The fourth-order valence-corrected chi connectivity index (χ4v) is 5.35. The summed E-state index contributed by atoms with van der Waals surface area (Å²) in [6.45, 7) is -0.0496. The van der Waals surface area contributed by atoms with E-state index in [1.54, 1.807) is 60.7 Å². The molecule has 0 saturated heterocycles. The zero-order valence-electron chi connectivity index (χ0n) is 20.6. The van der Waals surface area contributed by atoms with Gasteiger partial charge in [-0.05, 0) is 43.2 Å². The summed E-state index contributed by atoms with van der Waals surface area (Å²) in [6.07, 6.45) is 7.25. The van der Waals surface area contributed by atoms with E-state index >= 15 is 0 Å². The predicted octanol–water partition coefficient (Wildman–Crippen LogP) is 4.13. The smallest absolute Gasteiger partial charge is 0.242 e. The van der Waals surface area contributed by atoms with Crippen molar-refractivity contribution in [2.45, 2.75) is 30.4 Å². The number of benzene rings is 2. The van der Waals surface area contributed by atoms with Gasteiger partial charge in [-0.1, -0.05) is 36.4 Å². The van der Waals surface area contributed by atoms with Gasteiger partial charge in [0.25, 0.3) is 0 Å². The molecule has 5 aromatic rings. The summed E-state index contributed by atoms with van der Waals surface area (Å²) >= 11 is 0. The number of anilines is 2. The average Bonchev–Trinajstić information content (AvgIpc) is 3.73. The lowest BCUT2D eigenvalue weighted by atomic mass is 10.2. The van der Waals surface area contributed by atoms with Crippen LogP contribution < -0.4 is 14.4 Å². The molecular formula is C27H25N7O3S. The van der Waals surface area contributed by atoms with Crippen molar-refractivity contribution in [2.24, 2.45) is 0 Å². The zero-order valence-corrected chi connectivity index (χ0v) is 21.4. The third-order valence-electron chi connectivity index (χ3n) is 6.36. The van der Waals surface area contributed by atoms with Crippen molar-refractivity contribution in [3.63, 3.8) is 0 Å². The molecule has 2 aromatic carbocycles. The Labute approximate surface area is 220 Å². The van der Waals surface area contributed by atoms with Gasteiger partial charge in [0.15, 0.2) is 17.4 Å². The predicted molar refractivity (Wildman–Crippen MR) is 143 cm³/mol. The van der Waals surface area contributed by atoms with Gasteiger partial charge in [0.1, 0.15) is 12.4 Å². The lowest BCUT2D eigenvalue weighted by Gasteiger charge is -2.25. The first-order chi connectivity index (χ1) is 18.5. The molecule has 6 rings (SSSR count). The highest BCUT2D eigenvalue weighted by Gasteiger charge is 2.34. The third-order valence-corrected chi connectivity index (χ3v) is 7.77. The number of aromatic nitrogens is 5. The molecule has 11 heteroatoms. The Morgan fingerprint density at radius 3 is 2.50 bits per heavy atom. The molecule has 3 heterocycles. The highest BCUT2D eigenvalue weighted by atomic mass is 32.2. The van der Waals surface area contributed by atoms with Crippen LogP contribution in [-0.4, -0.2) is 46.3 Å². The molecule has 10 nitrogen and oxygen atoms in total. The van der Waals surface area contributed by atoms with E-state index in [1.165, 1.54) is 0 Å². The fraction of sp³-hybridized carbons (Fsp3) is 0.185. The van der Waals surface area contributed by atoms with Gasteiger partial charge in [-0.2, -0.15) is 9.82 Å². The minimum atomic E-state index is -3.71. The maximum atomic E-state index is 12.8. The van der Waals surface area contributed by atoms with E-state index < -0.39 is 10.0 Å². The number of methoxy groups -OCH3 is 1. The summed E-state index contributed by atoms with van der Waals surface area (Å²) in [7, 11) is -2.11. The SMILES string of the molecule is COc1cnc(-c2nn(CNS(=O)(=O)c3ccccc3)c3ccccc23)nc1N(c1ccncc1)C1CC1. The first-order valence-corrected chi connectivity index (χ1v) is 13.6. The number of para-hydroxylation sites is 1. The molecule has 1 N–H and O–H groups in total. The first-order valence-electron chi connectivity index (χ1n) is 12.2. The standard InChI is InChI=1S/C27H25N7O3S/c1-37-24-17-29-26(31-27(24)34(19-11-12-19)20-13-15-28-16-14-20)25-22-9-5-6-10-23(22)33(32-25)18-30-38(35,36)21-7-3-2-4-8-21/h2-10,13-17,19,30H,11-12,18H2,1H3. The van der Waals surface area contributed by atoms with Gasteiger partial charge >= 0.3 is 0 Å². The van der Waals surface area contributed by atoms with Gasteiger partial charge < -0.3 is 9.64 Å². The second-order valence-corrected chi connectivity index (χ2v) is 10.6. The number of fused-ring (bicyclic) bond motifs is 1. The zero-order chi connectivity index (χ0) is 26.1. The Morgan fingerprint density at radius 2 is 1.76 bits per heavy atom. The van der Waals surface area contributed by atoms with Crippen LogP contribution in [0.2, 0.25) is 0 Å². The summed E-state index contributed by atoms with van der Waals surface area (Å²) in [4.78, 5) is 16.0. The van der Waals surface area contributed by atoms with E-state index in [4.69, 9.17) is 14.8 Å². The Balaban J connectivity index is 1.40. The van der Waals surface area contributed by atoms with Crippen LogP contribution in [0.1, 0.15) is 12.8 Å². The van der Waals surface area contributed by atoms with Crippen LogP contribution in [0.25, 0.3) is 22.4 Å². The van der Waals surface area contributed by atoms with E-state index in [1.807, 2.05) is 36.4 Å². The van der Waals surface area contributed by atoms with Gasteiger partial charge in [0.05, 0.1) is 23.7 Å². The van der Waals surface area contributed by atoms with Crippen molar-refractivity contribution in [2.75, 3.05) is 12.0 Å². The molecule has 0 aliphatic heterocycles. The minimum absolute atomic E-state index is 0.0496. The number of nitrogens with zero attached hydrogens (tertiary/aromatic N) is 6. The number of hydrogen-bond acceptors (Lipinski definition) is 8. The summed E-state index contributed by atoms with van der Waals surface area (Å²) < 4.78 is 35.5. The summed E-state index contributed by atoms with van der Waals surface area (Å²) in [5.41, 5.74) is 2.28. The van der Waals surface area contributed by atoms with Crippen LogP contribution in [0.3, 0.4) is 0 Å². The molecule has 192 valence electrons. The van der Waals surface area contributed by atoms with Crippen LogP contribution >= 0.6 is 0 Å². The molecule has 1 saturated carbocycles. The molecule has 0 radical (unpaired) electrons. The molecule has 38 heavy (non-hydrogen) atoms. The molecule has 0 spiro atoms. The molecule has 3 aromatic heterocycles. The van der Waals surface area contributed by atoms with Gasteiger partial charge in [-0.25, -0.2) is 23.1 Å². The monoisotopic (exact) mass is 527 g/mol. The number of rotatable bonds is 9. The number of hydrogen-bond donors (Lipinski definition) is 1. The lowest BCUT2D eigenvalue weighted by molar-refractivity contribution is 0.411. The number of sulfonamides is 1. The van der Waals surface area contributed by atoms with Crippen LogP contribution in [0.4, 0.5) is 11.5 Å². The van der Waals surface area contributed by atoms with Crippen molar-refractivity contribution in [1.29, 1.82) is 0 Å². The Bertz CT molecular complexity index is 1690. The molecule has 1 aliphatic carbocycles. The lowest BCUT2D eigenvalue weighted by Crippen LogP contribution is -2.26. The van der Waals surface area contributed by atoms with Crippen LogP contribution in [-0.2, 0) is 16.7 Å². The Kier molecular flexibility index (Phi) is 6.22. The Hall–Kier alpha value is -4.35. The number of ether oxygens (including phenoxy) is 1. The molecule has 1 fully saturated rings. The van der Waals surface area contributed by atoms with Crippen molar-refractivity contribution in [3.05, 3.63) is 85.3 Å². The first kappa shape index (κ1) is 24.0. The normalized spacial score (nSPS) is 13.5. The second-order valence-electron chi connectivity index (χ2n) is 8.88. The third kappa shape index (κ3) is 4.57. The minimum Gasteiger partial charge on any atom is -0.491 e. The maximum Gasteiger partial charge on any atom is 0.242 e. The molecule has 0 amide bonds. The Morgan fingerprint density at radius 1 is 1.03 bits per heavy atom. The largest absolute Gasteiger partial charge is 0.491 e. The van der Waals surface area contributed by atoms with Gasteiger partial charge in [-0.15, -0.1) is 0 Å². The van der Waals surface area contributed by atoms with Crippen LogP contribution in [0.5, 0.6) is 5.75 Å². The fourth-order valence-electron chi connectivity index (χ4n) is 4.38. The molecule has 0 unspecified atom stereocenters. The quantitative estimate of drug-likeness (QED) is 0.304. The second kappa shape index (κ2) is 9.84. The summed E-state index contributed by atoms with van der Waals surface area (Å²) in [5.74, 6) is 1.62. The number of pyridine rings is 1. The van der Waals surface area contributed by atoms with E-state index in [0.717, 1.165) is 29.4 Å². The van der Waals surface area contributed by atoms with E-state index in [9.17, 15) is 8.42 Å². The maximum absolute atomic E-state index is 12.8. The molecule has 0 bridgehead atoms. The molecule has 1 aliphatic rings. The van der Waals surface area contributed by atoms with Gasteiger partial charge in [0, 0.05) is 29.5 Å². The van der Waals surface area contributed by atoms with Crippen molar-refractivity contribution in [1.82, 2.24) is 29.5 Å². The van der Waals surface area contributed by atoms with Gasteiger partial charge in [0.2, 0.25) is 10.0 Å². The summed E-state index contributed by atoms with van der Waals surface area (Å²) in [6, 6.07) is 20.0. The molecule has 0 atom stereocenters.